The average molecular weight is 340 g/mol. The molecular formula is C14H12BrClN2O. The molecule has 0 aliphatic carbocycles. The van der Waals surface area contributed by atoms with Crippen molar-refractivity contribution < 1.29 is 4.79 Å². The van der Waals surface area contributed by atoms with E-state index in [4.69, 9.17) is 17.3 Å². The maximum Gasteiger partial charge on any atom is 0.256 e. The highest BCUT2D eigenvalue weighted by Gasteiger charge is 2.11. The molecule has 0 aliphatic rings. The van der Waals surface area contributed by atoms with Crippen LogP contribution in [0, 0.1) is 6.92 Å². The van der Waals surface area contributed by atoms with Crippen molar-refractivity contribution in [3.8, 4) is 0 Å². The van der Waals surface area contributed by atoms with Crippen molar-refractivity contribution in [3.63, 3.8) is 0 Å². The molecule has 0 atom stereocenters. The Hall–Kier alpha value is -1.52. The molecule has 98 valence electrons. The van der Waals surface area contributed by atoms with Crippen molar-refractivity contribution in [2.24, 2.45) is 0 Å². The summed E-state index contributed by atoms with van der Waals surface area (Å²) in [6.45, 7) is 1.86. The predicted octanol–water partition coefficient (Wildman–Crippen LogP) is 4.25. The normalized spacial score (nSPS) is 10.3. The van der Waals surface area contributed by atoms with Crippen LogP contribution in [0.15, 0.2) is 40.9 Å². The van der Waals surface area contributed by atoms with E-state index in [0.29, 0.717) is 22.0 Å². The van der Waals surface area contributed by atoms with Crippen LogP contribution < -0.4 is 11.1 Å². The Labute approximate surface area is 124 Å². The Morgan fingerprint density at radius 1 is 1.26 bits per heavy atom. The van der Waals surface area contributed by atoms with Gasteiger partial charge in [0.1, 0.15) is 0 Å². The Morgan fingerprint density at radius 2 is 2.00 bits per heavy atom. The van der Waals surface area contributed by atoms with E-state index < -0.39 is 0 Å². The fraction of sp³-hybridized carbons (Fsp3) is 0.0714. The van der Waals surface area contributed by atoms with E-state index in [9.17, 15) is 4.79 Å². The molecule has 0 spiro atoms. The van der Waals surface area contributed by atoms with Gasteiger partial charge < -0.3 is 11.1 Å². The lowest BCUT2D eigenvalue weighted by Crippen LogP contribution is -2.14. The number of nitrogens with two attached hydrogens (primary N) is 1. The van der Waals surface area contributed by atoms with Gasteiger partial charge in [-0.1, -0.05) is 17.7 Å². The van der Waals surface area contributed by atoms with E-state index in [-0.39, 0.29) is 5.91 Å². The minimum absolute atomic E-state index is 0.215. The highest BCUT2D eigenvalue weighted by Crippen LogP contribution is 2.26. The second-order valence-electron chi connectivity index (χ2n) is 4.15. The number of halogens is 2. The summed E-state index contributed by atoms with van der Waals surface area (Å²) in [5, 5.41) is 3.37. The SMILES string of the molecule is Cc1ccc(N)cc1C(=O)Nc1cc(Cl)ccc1Br. The topological polar surface area (TPSA) is 55.1 Å². The van der Waals surface area contributed by atoms with Crippen LogP contribution in [0.4, 0.5) is 11.4 Å². The highest BCUT2D eigenvalue weighted by molar-refractivity contribution is 9.10. The first kappa shape index (κ1) is 13.9. The molecule has 2 aromatic carbocycles. The third-order valence-corrected chi connectivity index (χ3v) is 3.61. The first-order valence-electron chi connectivity index (χ1n) is 5.60. The number of aryl methyl sites for hydroxylation is 1. The fourth-order valence-electron chi connectivity index (χ4n) is 1.67. The van der Waals surface area contributed by atoms with Gasteiger partial charge in [-0.3, -0.25) is 4.79 Å². The van der Waals surface area contributed by atoms with Crippen molar-refractivity contribution in [2.75, 3.05) is 11.1 Å². The van der Waals surface area contributed by atoms with Gasteiger partial charge in [-0.05, 0) is 58.7 Å². The third-order valence-electron chi connectivity index (χ3n) is 2.68. The number of nitrogens with one attached hydrogen (secondary N) is 1. The summed E-state index contributed by atoms with van der Waals surface area (Å²) in [7, 11) is 0. The smallest absolute Gasteiger partial charge is 0.256 e. The quantitative estimate of drug-likeness (QED) is 0.804. The lowest BCUT2D eigenvalue weighted by molar-refractivity contribution is 0.102. The van der Waals surface area contributed by atoms with E-state index >= 15 is 0 Å². The summed E-state index contributed by atoms with van der Waals surface area (Å²) in [4.78, 5) is 12.2. The van der Waals surface area contributed by atoms with E-state index in [0.717, 1.165) is 10.0 Å². The summed E-state index contributed by atoms with van der Waals surface area (Å²) in [5.41, 5.74) is 8.30. The number of nitrogen functional groups attached to an aromatic ring is 1. The predicted molar refractivity (Wildman–Crippen MR) is 82.7 cm³/mol. The first-order valence-corrected chi connectivity index (χ1v) is 6.77. The molecule has 5 heteroatoms. The van der Waals surface area contributed by atoms with Crippen LogP contribution in [0.3, 0.4) is 0 Å². The molecule has 19 heavy (non-hydrogen) atoms. The molecule has 0 aliphatic heterocycles. The molecule has 0 aromatic heterocycles. The number of hydrogen-bond acceptors (Lipinski definition) is 2. The van der Waals surface area contributed by atoms with Gasteiger partial charge in [-0.2, -0.15) is 0 Å². The molecule has 0 bridgehead atoms. The Bertz CT molecular complexity index is 643. The molecule has 2 rings (SSSR count). The number of rotatable bonds is 2. The van der Waals surface area contributed by atoms with Gasteiger partial charge in [0, 0.05) is 20.7 Å². The van der Waals surface area contributed by atoms with E-state index in [1.165, 1.54) is 0 Å². The molecule has 0 fully saturated rings. The minimum atomic E-state index is -0.215. The van der Waals surface area contributed by atoms with Crippen LogP contribution >= 0.6 is 27.5 Å². The van der Waals surface area contributed by atoms with Crippen molar-refractivity contribution >= 4 is 44.8 Å². The van der Waals surface area contributed by atoms with Gasteiger partial charge in [-0.15, -0.1) is 0 Å². The number of benzene rings is 2. The van der Waals surface area contributed by atoms with Crippen molar-refractivity contribution in [3.05, 3.63) is 57.0 Å². The van der Waals surface area contributed by atoms with Gasteiger partial charge in [0.05, 0.1) is 5.69 Å². The molecule has 0 saturated heterocycles. The zero-order valence-corrected chi connectivity index (χ0v) is 12.5. The second kappa shape index (κ2) is 5.63. The molecular weight excluding hydrogens is 328 g/mol. The average Bonchev–Trinajstić information content (AvgIpc) is 2.36. The van der Waals surface area contributed by atoms with Crippen LogP contribution in [0.2, 0.25) is 5.02 Å². The highest BCUT2D eigenvalue weighted by atomic mass is 79.9. The summed E-state index contributed by atoms with van der Waals surface area (Å²) in [6, 6.07) is 10.4. The number of amides is 1. The van der Waals surface area contributed by atoms with Gasteiger partial charge in [0.15, 0.2) is 0 Å². The second-order valence-corrected chi connectivity index (χ2v) is 5.44. The maximum absolute atomic E-state index is 12.2. The summed E-state index contributed by atoms with van der Waals surface area (Å²) >= 11 is 9.28. The fourth-order valence-corrected chi connectivity index (χ4v) is 2.19. The monoisotopic (exact) mass is 338 g/mol. The minimum Gasteiger partial charge on any atom is -0.399 e. The number of carbonyl (C=O) groups excluding carboxylic acids is 1. The summed E-state index contributed by atoms with van der Waals surface area (Å²) < 4.78 is 0.770. The molecule has 0 unspecified atom stereocenters. The zero-order valence-electron chi connectivity index (χ0n) is 10.2. The summed E-state index contributed by atoms with van der Waals surface area (Å²) in [5.74, 6) is -0.215. The first-order chi connectivity index (χ1) is 8.97. The van der Waals surface area contributed by atoms with E-state index in [1.807, 2.05) is 13.0 Å². The van der Waals surface area contributed by atoms with Gasteiger partial charge in [0.25, 0.3) is 5.91 Å². The number of carbonyl (C=O) groups is 1. The molecule has 0 radical (unpaired) electrons. The molecule has 3 N–H and O–H groups in total. The van der Waals surface area contributed by atoms with Gasteiger partial charge in [-0.25, -0.2) is 0 Å². The molecule has 1 amide bonds. The molecule has 0 saturated carbocycles. The molecule has 2 aromatic rings. The van der Waals surface area contributed by atoms with Crippen molar-refractivity contribution in [2.45, 2.75) is 6.92 Å². The standard InChI is InChI=1S/C14H12BrClN2O/c1-8-2-4-10(17)7-11(8)14(19)18-13-6-9(16)3-5-12(13)15/h2-7H,17H2,1H3,(H,18,19). The van der Waals surface area contributed by atoms with Crippen LogP contribution in [0.5, 0.6) is 0 Å². The van der Waals surface area contributed by atoms with Crippen molar-refractivity contribution in [1.29, 1.82) is 0 Å². The van der Waals surface area contributed by atoms with Crippen LogP contribution in [-0.2, 0) is 0 Å². The van der Waals surface area contributed by atoms with Crippen LogP contribution in [0.1, 0.15) is 15.9 Å². The largest absolute Gasteiger partial charge is 0.399 e. The Balaban J connectivity index is 2.30. The molecule has 0 heterocycles. The summed E-state index contributed by atoms with van der Waals surface area (Å²) in [6.07, 6.45) is 0. The van der Waals surface area contributed by atoms with Crippen LogP contribution in [0.25, 0.3) is 0 Å². The Morgan fingerprint density at radius 3 is 2.74 bits per heavy atom. The number of anilines is 2. The number of hydrogen-bond donors (Lipinski definition) is 2. The zero-order chi connectivity index (χ0) is 14.0. The van der Waals surface area contributed by atoms with Crippen LogP contribution in [-0.4, -0.2) is 5.91 Å². The molecule has 3 nitrogen and oxygen atoms in total. The maximum atomic E-state index is 12.2. The van der Waals surface area contributed by atoms with Gasteiger partial charge in [0.2, 0.25) is 0 Å². The lowest BCUT2D eigenvalue weighted by atomic mass is 10.1. The van der Waals surface area contributed by atoms with E-state index in [2.05, 4.69) is 21.2 Å². The lowest BCUT2D eigenvalue weighted by Gasteiger charge is -2.10. The van der Waals surface area contributed by atoms with Crippen molar-refractivity contribution in [1.82, 2.24) is 0 Å². The van der Waals surface area contributed by atoms with E-state index in [1.54, 1.807) is 30.3 Å². The van der Waals surface area contributed by atoms with Gasteiger partial charge >= 0.3 is 0 Å². The Kier molecular flexibility index (Phi) is 4.12. The third kappa shape index (κ3) is 3.28.